The smallest absolute Gasteiger partial charge is 0.0931 e. The second-order valence-corrected chi connectivity index (χ2v) is 3.63. The van der Waals surface area contributed by atoms with Gasteiger partial charge in [0, 0.05) is 0 Å². The molecule has 0 aromatic rings. The molecule has 0 radical (unpaired) electrons. The Kier molecular flexibility index (Phi) is 22.3. The first-order valence-corrected chi connectivity index (χ1v) is 6.06. The van der Waals surface area contributed by atoms with E-state index in [0.717, 1.165) is 6.54 Å². The first-order chi connectivity index (χ1) is 7.41. The topological polar surface area (TPSA) is 84.3 Å². The van der Waals surface area contributed by atoms with Gasteiger partial charge >= 0.3 is 0 Å². The number of nitrogens with two attached hydrogens (primary N) is 2. The van der Waals surface area contributed by atoms with Crippen molar-refractivity contribution in [3.05, 3.63) is 0 Å². The molecule has 0 atom stereocenters. The summed E-state index contributed by atoms with van der Waals surface area (Å²) in [4.78, 5) is 0. The lowest BCUT2D eigenvalue weighted by atomic mass is 10.1. The minimum atomic E-state index is 0.122. The number of hydrogen-bond donors (Lipinski definition) is 4. The summed E-state index contributed by atoms with van der Waals surface area (Å²) in [5.41, 5.74) is 0. The number of nitrogens with one attached hydrogen (secondary N) is 1. The molecule has 0 aliphatic heterocycles. The van der Waals surface area contributed by atoms with E-state index in [1.54, 1.807) is 0 Å². The normalized spacial score (nSPS) is 9.60. The number of aliphatic hydroxyl groups is 1. The van der Waals surface area contributed by atoms with Gasteiger partial charge in [0.15, 0.2) is 0 Å². The van der Waals surface area contributed by atoms with Crippen molar-refractivity contribution in [2.75, 3.05) is 13.3 Å². The van der Waals surface area contributed by atoms with Crippen molar-refractivity contribution in [1.29, 1.82) is 0 Å². The van der Waals surface area contributed by atoms with Crippen LogP contribution in [0, 0.1) is 0 Å². The number of unbranched alkanes of at least 4 members (excludes halogenated alkanes) is 7. The average Bonchev–Trinajstić information content (AvgIpc) is 2.30. The van der Waals surface area contributed by atoms with Crippen molar-refractivity contribution in [2.24, 2.45) is 11.7 Å². The summed E-state index contributed by atoms with van der Waals surface area (Å²) in [6, 6.07) is 0. The van der Waals surface area contributed by atoms with E-state index in [2.05, 4.69) is 23.9 Å². The Morgan fingerprint density at radius 1 is 0.867 bits per heavy atom. The third kappa shape index (κ3) is 20.0. The molecule has 0 aromatic carbocycles. The average molecular weight is 219 g/mol. The molecule has 0 saturated heterocycles. The van der Waals surface area contributed by atoms with Crippen molar-refractivity contribution in [1.82, 2.24) is 5.32 Å². The quantitative estimate of drug-likeness (QED) is 0.194. The van der Waals surface area contributed by atoms with Gasteiger partial charge in [-0.3, -0.25) is 17.0 Å². The Morgan fingerprint density at radius 2 is 1.33 bits per heavy atom. The van der Waals surface area contributed by atoms with Gasteiger partial charge in [-0.05, 0) is 13.0 Å². The molecule has 0 aliphatic rings. The van der Waals surface area contributed by atoms with E-state index in [9.17, 15) is 0 Å². The zero-order valence-electron chi connectivity index (χ0n) is 10.2. The molecular formula is C11H29N3O. The highest BCUT2D eigenvalue weighted by Gasteiger charge is 1.90. The van der Waals surface area contributed by atoms with E-state index >= 15 is 0 Å². The van der Waals surface area contributed by atoms with Crippen LogP contribution in [0.2, 0.25) is 0 Å². The maximum atomic E-state index is 8.45. The predicted octanol–water partition coefficient (Wildman–Crippen LogP) is 1.49. The van der Waals surface area contributed by atoms with Crippen molar-refractivity contribution in [3.63, 3.8) is 0 Å². The molecule has 0 saturated carbocycles. The molecule has 0 amide bonds. The van der Waals surface area contributed by atoms with Crippen LogP contribution in [0.3, 0.4) is 0 Å². The second kappa shape index (κ2) is 19.4. The summed E-state index contributed by atoms with van der Waals surface area (Å²) in [7, 11) is 0. The number of hydrazine groups is 1. The molecule has 15 heavy (non-hydrogen) atoms. The summed E-state index contributed by atoms with van der Waals surface area (Å²) >= 11 is 0. The number of hydrogen-bond acceptors (Lipinski definition) is 4. The fourth-order valence-electron chi connectivity index (χ4n) is 1.46. The molecule has 0 spiro atoms. The minimum Gasteiger partial charge on any atom is -0.381 e. The molecule has 6 N–H and O–H groups in total. The van der Waals surface area contributed by atoms with Gasteiger partial charge in [0.05, 0.1) is 6.73 Å². The van der Waals surface area contributed by atoms with Crippen molar-refractivity contribution in [2.45, 2.75) is 58.3 Å². The van der Waals surface area contributed by atoms with E-state index in [1.807, 2.05) is 0 Å². The van der Waals surface area contributed by atoms with Crippen LogP contribution in [-0.4, -0.2) is 18.4 Å². The zero-order chi connectivity index (χ0) is 11.8. The zero-order valence-corrected chi connectivity index (χ0v) is 10.2. The van der Waals surface area contributed by atoms with Crippen LogP contribution in [0.4, 0.5) is 0 Å². The summed E-state index contributed by atoms with van der Waals surface area (Å²) in [6.45, 7) is 3.34. The summed E-state index contributed by atoms with van der Waals surface area (Å²) in [5, 5.41) is 11.4. The molecule has 0 bridgehead atoms. The molecule has 0 rings (SSSR count). The van der Waals surface area contributed by atoms with Crippen LogP contribution in [-0.2, 0) is 0 Å². The van der Waals surface area contributed by atoms with E-state index in [0.29, 0.717) is 0 Å². The van der Waals surface area contributed by atoms with Crippen LogP contribution in [0.15, 0.2) is 0 Å². The van der Waals surface area contributed by atoms with Crippen molar-refractivity contribution < 1.29 is 5.11 Å². The van der Waals surface area contributed by atoms with Gasteiger partial charge in [-0.25, -0.2) is 0 Å². The van der Waals surface area contributed by atoms with Gasteiger partial charge in [-0.2, -0.15) is 0 Å². The fraction of sp³-hybridized carbons (Fsp3) is 1.00. The first-order valence-electron chi connectivity index (χ1n) is 6.06. The SMILES string of the molecule is CCCCCCCCCCNCO.NN. The van der Waals surface area contributed by atoms with Gasteiger partial charge in [0.2, 0.25) is 0 Å². The third-order valence-electron chi connectivity index (χ3n) is 2.32. The maximum Gasteiger partial charge on any atom is 0.0931 e. The molecule has 0 aromatic heterocycles. The summed E-state index contributed by atoms with van der Waals surface area (Å²) in [6.07, 6.45) is 10.8. The Labute approximate surface area is 94.4 Å². The van der Waals surface area contributed by atoms with Crippen molar-refractivity contribution in [3.8, 4) is 0 Å². The molecule has 0 unspecified atom stereocenters. The van der Waals surface area contributed by atoms with Crippen LogP contribution in [0.5, 0.6) is 0 Å². The lowest BCUT2D eigenvalue weighted by molar-refractivity contribution is 0.260. The Hall–Kier alpha value is -0.160. The van der Waals surface area contributed by atoms with Crippen molar-refractivity contribution >= 4 is 0 Å². The number of aliphatic hydroxyl groups excluding tert-OH is 1. The van der Waals surface area contributed by atoms with Crippen LogP contribution in [0.25, 0.3) is 0 Å². The van der Waals surface area contributed by atoms with Crippen LogP contribution < -0.4 is 17.0 Å². The second-order valence-electron chi connectivity index (χ2n) is 3.63. The summed E-state index contributed by atoms with van der Waals surface area (Å²) in [5.74, 6) is 8.00. The Bertz CT molecular complexity index is 81.9. The maximum absolute atomic E-state index is 8.45. The largest absolute Gasteiger partial charge is 0.381 e. The highest BCUT2D eigenvalue weighted by atomic mass is 16.3. The molecule has 4 nitrogen and oxygen atoms in total. The molecule has 0 fully saturated rings. The lowest BCUT2D eigenvalue weighted by Gasteiger charge is -2.01. The van der Waals surface area contributed by atoms with Gasteiger partial charge in [-0.15, -0.1) is 0 Å². The molecular weight excluding hydrogens is 190 g/mol. The van der Waals surface area contributed by atoms with E-state index in [1.165, 1.54) is 51.4 Å². The monoisotopic (exact) mass is 219 g/mol. The van der Waals surface area contributed by atoms with E-state index < -0.39 is 0 Å². The molecule has 4 heteroatoms. The molecule has 0 aliphatic carbocycles. The molecule has 0 heterocycles. The standard InChI is InChI=1S/C11H25NO.H4N2/c1-2-3-4-5-6-7-8-9-10-12-11-13;1-2/h12-13H,2-11H2,1H3;1-2H2. The van der Waals surface area contributed by atoms with Crippen LogP contribution >= 0.6 is 0 Å². The predicted molar refractivity (Wildman–Crippen MR) is 66.1 cm³/mol. The van der Waals surface area contributed by atoms with Gasteiger partial charge in [0.1, 0.15) is 0 Å². The summed E-state index contributed by atoms with van der Waals surface area (Å²) < 4.78 is 0. The van der Waals surface area contributed by atoms with E-state index in [4.69, 9.17) is 5.11 Å². The van der Waals surface area contributed by atoms with Crippen LogP contribution in [0.1, 0.15) is 58.3 Å². The van der Waals surface area contributed by atoms with Gasteiger partial charge in [0.25, 0.3) is 0 Å². The highest BCUT2D eigenvalue weighted by Crippen LogP contribution is 2.07. The molecule has 94 valence electrons. The van der Waals surface area contributed by atoms with Gasteiger partial charge < -0.3 is 5.11 Å². The Morgan fingerprint density at radius 3 is 1.80 bits per heavy atom. The first kappa shape index (κ1) is 17.2. The third-order valence-corrected chi connectivity index (χ3v) is 2.32. The van der Waals surface area contributed by atoms with E-state index in [-0.39, 0.29) is 6.73 Å². The fourth-order valence-corrected chi connectivity index (χ4v) is 1.46. The minimum absolute atomic E-state index is 0.122. The van der Waals surface area contributed by atoms with Gasteiger partial charge in [-0.1, -0.05) is 51.9 Å². The lowest BCUT2D eigenvalue weighted by Crippen LogP contribution is -2.15. The Balaban J connectivity index is 0. The highest BCUT2D eigenvalue weighted by molar-refractivity contribution is 4.47. The number of rotatable bonds is 10.